The highest BCUT2D eigenvalue weighted by Crippen LogP contribution is 2.36. The largest absolute Gasteiger partial charge is 0.493 e. The van der Waals surface area contributed by atoms with Crippen molar-refractivity contribution in [3.05, 3.63) is 41.7 Å². The number of hydrogen-bond donors (Lipinski definition) is 0. The standard InChI is InChI=1S/C19H25N3O3/c1-21(9-5-6-14-11-20-22(2)12-14)19(23)16-10-15-7-4-8-17(24-3)18(15)25-13-16/h4,7-8,11-12,16H,5-6,9-10,13H2,1-3H3/t16-/m0/s1. The van der Waals surface area contributed by atoms with Crippen molar-refractivity contribution in [3.8, 4) is 11.5 Å². The molecule has 0 radical (unpaired) electrons. The van der Waals surface area contributed by atoms with Crippen molar-refractivity contribution in [1.82, 2.24) is 14.7 Å². The van der Waals surface area contributed by atoms with Gasteiger partial charge in [0.25, 0.3) is 0 Å². The minimum atomic E-state index is -0.136. The van der Waals surface area contributed by atoms with Gasteiger partial charge in [0.2, 0.25) is 5.91 Å². The fourth-order valence-electron chi connectivity index (χ4n) is 3.26. The molecule has 0 saturated heterocycles. The van der Waals surface area contributed by atoms with Gasteiger partial charge in [-0.1, -0.05) is 12.1 Å². The third-order valence-electron chi connectivity index (χ3n) is 4.62. The molecule has 1 aliphatic rings. The molecule has 0 N–H and O–H groups in total. The number of amides is 1. The predicted molar refractivity (Wildman–Crippen MR) is 94.8 cm³/mol. The molecule has 1 atom stereocenters. The summed E-state index contributed by atoms with van der Waals surface area (Å²) in [5, 5.41) is 4.17. The second-order valence-electron chi connectivity index (χ2n) is 6.55. The number of aromatic nitrogens is 2. The highest BCUT2D eigenvalue weighted by molar-refractivity contribution is 5.79. The second-order valence-corrected chi connectivity index (χ2v) is 6.55. The molecular weight excluding hydrogens is 318 g/mol. The summed E-state index contributed by atoms with van der Waals surface area (Å²) < 4.78 is 12.9. The zero-order valence-corrected chi connectivity index (χ0v) is 15.1. The molecule has 0 saturated carbocycles. The number of ether oxygens (including phenoxy) is 2. The van der Waals surface area contributed by atoms with Gasteiger partial charge in [-0.2, -0.15) is 5.10 Å². The van der Waals surface area contributed by atoms with Gasteiger partial charge >= 0.3 is 0 Å². The van der Waals surface area contributed by atoms with Crippen LogP contribution in [0.4, 0.5) is 0 Å². The number of methoxy groups -OCH3 is 1. The minimum absolute atomic E-state index is 0.136. The maximum Gasteiger partial charge on any atom is 0.229 e. The zero-order chi connectivity index (χ0) is 17.8. The van der Waals surface area contributed by atoms with Gasteiger partial charge in [-0.05, 0) is 36.5 Å². The first kappa shape index (κ1) is 17.3. The van der Waals surface area contributed by atoms with Crippen molar-refractivity contribution in [3.63, 3.8) is 0 Å². The summed E-state index contributed by atoms with van der Waals surface area (Å²) in [5.41, 5.74) is 2.23. The second kappa shape index (κ2) is 7.59. The van der Waals surface area contributed by atoms with E-state index in [1.807, 2.05) is 49.6 Å². The Morgan fingerprint density at radius 1 is 1.48 bits per heavy atom. The molecule has 1 amide bonds. The molecule has 0 spiro atoms. The van der Waals surface area contributed by atoms with E-state index >= 15 is 0 Å². The molecule has 0 aliphatic carbocycles. The van der Waals surface area contributed by atoms with Crippen LogP contribution in [0.3, 0.4) is 0 Å². The van der Waals surface area contributed by atoms with Crippen LogP contribution in [0, 0.1) is 5.92 Å². The quantitative estimate of drug-likeness (QED) is 0.806. The summed E-state index contributed by atoms with van der Waals surface area (Å²) in [6, 6.07) is 5.82. The summed E-state index contributed by atoms with van der Waals surface area (Å²) in [5.74, 6) is 1.50. The number of carbonyl (C=O) groups is 1. The molecule has 1 aromatic heterocycles. The van der Waals surface area contributed by atoms with E-state index in [4.69, 9.17) is 9.47 Å². The van der Waals surface area contributed by atoms with Crippen molar-refractivity contribution in [2.75, 3.05) is 27.3 Å². The van der Waals surface area contributed by atoms with E-state index in [0.29, 0.717) is 13.0 Å². The molecule has 6 nitrogen and oxygen atoms in total. The van der Waals surface area contributed by atoms with Gasteiger partial charge in [-0.3, -0.25) is 9.48 Å². The summed E-state index contributed by atoms with van der Waals surface area (Å²) in [6.07, 6.45) is 6.43. The minimum Gasteiger partial charge on any atom is -0.493 e. The van der Waals surface area contributed by atoms with Gasteiger partial charge in [0, 0.05) is 26.8 Å². The Labute approximate surface area is 148 Å². The van der Waals surface area contributed by atoms with Crippen LogP contribution in [0.2, 0.25) is 0 Å². The number of hydrogen-bond acceptors (Lipinski definition) is 4. The Morgan fingerprint density at radius 2 is 2.32 bits per heavy atom. The van der Waals surface area contributed by atoms with Crippen molar-refractivity contribution in [1.29, 1.82) is 0 Å². The van der Waals surface area contributed by atoms with Crippen molar-refractivity contribution in [2.45, 2.75) is 19.3 Å². The molecule has 3 rings (SSSR count). The highest BCUT2D eigenvalue weighted by atomic mass is 16.5. The summed E-state index contributed by atoms with van der Waals surface area (Å²) >= 11 is 0. The van der Waals surface area contributed by atoms with Gasteiger partial charge in [0.05, 0.1) is 19.2 Å². The van der Waals surface area contributed by atoms with Crippen LogP contribution >= 0.6 is 0 Å². The van der Waals surface area contributed by atoms with Crippen LogP contribution in [0.25, 0.3) is 0 Å². The van der Waals surface area contributed by atoms with Crippen LogP contribution in [0.15, 0.2) is 30.6 Å². The van der Waals surface area contributed by atoms with E-state index in [1.165, 1.54) is 5.56 Å². The predicted octanol–water partition coefficient (Wildman–Crippen LogP) is 2.07. The van der Waals surface area contributed by atoms with Gasteiger partial charge in [0.1, 0.15) is 6.61 Å². The maximum absolute atomic E-state index is 12.7. The Bertz CT molecular complexity index is 741. The molecule has 1 aliphatic heterocycles. The van der Waals surface area contributed by atoms with Gasteiger partial charge in [-0.15, -0.1) is 0 Å². The Balaban J connectivity index is 1.54. The fourth-order valence-corrected chi connectivity index (χ4v) is 3.26. The highest BCUT2D eigenvalue weighted by Gasteiger charge is 2.29. The molecule has 2 heterocycles. The number of para-hydroxylation sites is 1. The monoisotopic (exact) mass is 343 g/mol. The van der Waals surface area contributed by atoms with Gasteiger partial charge in [0.15, 0.2) is 11.5 Å². The average Bonchev–Trinajstić information content (AvgIpc) is 3.05. The van der Waals surface area contributed by atoms with Crippen LogP contribution < -0.4 is 9.47 Å². The smallest absolute Gasteiger partial charge is 0.229 e. The molecule has 6 heteroatoms. The molecule has 134 valence electrons. The van der Waals surface area contributed by atoms with E-state index < -0.39 is 0 Å². The van der Waals surface area contributed by atoms with E-state index in [-0.39, 0.29) is 11.8 Å². The number of fused-ring (bicyclic) bond motifs is 1. The van der Waals surface area contributed by atoms with E-state index in [2.05, 4.69) is 5.10 Å². The first-order valence-corrected chi connectivity index (χ1v) is 8.59. The molecule has 0 bridgehead atoms. The first-order valence-electron chi connectivity index (χ1n) is 8.59. The number of carbonyl (C=O) groups excluding carboxylic acids is 1. The number of aryl methyl sites for hydroxylation is 2. The van der Waals surface area contributed by atoms with Crippen LogP contribution in [0.1, 0.15) is 17.5 Å². The number of nitrogens with zero attached hydrogens (tertiary/aromatic N) is 3. The van der Waals surface area contributed by atoms with Crippen molar-refractivity contribution < 1.29 is 14.3 Å². The normalized spacial score (nSPS) is 16.0. The average molecular weight is 343 g/mol. The molecular formula is C19H25N3O3. The Morgan fingerprint density at radius 3 is 3.04 bits per heavy atom. The van der Waals surface area contributed by atoms with E-state index in [0.717, 1.165) is 36.4 Å². The first-order chi connectivity index (χ1) is 12.1. The fraction of sp³-hybridized carbons (Fsp3) is 0.474. The van der Waals surface area contributed by atoms with Crippen LogP contribution in [-0.4, -0.2) is 47.9 Å². The SMILES string of the molecule is COc1cccc2c1OC[C@@H](C(=O)N(C)CCCc1cnn(C)c1)C2. The molecule has 2 aromatic rings. The maximum atomic E-state index is 12.7. The third-order valence-corrected chi connectivity index (χ3v) is 4.62. The van der Waals surface area contributed by atoms with Gasteiger partial charge < -0.3 is 14.4 Å². The topological polar surface area (TPSA) is 56.6 Å². The van der Waals surface area contributed by atoms with Gasteiger partial charge in [-0.25, -0.2) is 0 Å². The molecule has 25 heavy (non-hydrogen) atoms. The number of rotatable bonds is 6. The van der Waals surface area contributed by atoms with E-state index in [9.17, 15) is 4.79 Å². The van der Waals surface area contributed by atoms with E-state index in [1.54, 1.807) is 11.8 Å². The summed E-state index contributed by atoms with van der Waals surface area (Å²) in [7, 11) is 5.41. The summed E-state index contributed by atoms with van der Waals surface area (Å²) in [4.78, 5) is 14.5. The van der Waals surface area contributed by atoms with Crippen LogP contribution in [-0.2, 0) is 24.7 Å². The molecule has 0 fully saturated rings. The van der Waals surface area contributed by atoms with Crippen LogP contribution in [0.5, 0.6) is 11.5 Å². The lowest BCUT2D eigenvalue weighted by Crippen LogP contribution is -2.39. The molecule has 1 aromatic carbocycles. The lowest BCUT2D eigenvalue weighted by molar-refractivity contribution is -0.135. The summed E-state index contributed by atoms with van der Waals surface area (Å²) in [6.45, 7) is 1.13. The van der Waals surface area contributed by atoms with Crippen molar-refractivity contribution >= 4 is 5.91 Å². The lowest BCUT2D eigenvalue weighted by Gasteiger charge is -2.29. The third kappa shape index (κ3) is 3.95. The molecule has 0 unspecified atom stereocenters. The Kier molecular flexibility index (Phi) is 5.26. The Hall–Kier alpha value is -2.50. The zero-order valence-electron chi connectivity index (χ0n) is 15.1. The van der Waals surface area contributed by atoms with Crippen molar-refractivity contribution in [2.24, 2.45) is 13.0 Å². The lowest BCUT2D eigenvalue weighted by atomic mass is 9.95. The number of benzene rings is 1.